The van der Waals surface area contributed by atoms with Gasteiger partial charge in [-0.3, -0.25) is 9.59 Å². The lowest BCUT2D eigenvalue weighted by Crippen LogP contribution is -2.59. The molecule has 0 saturated carbocycles. The molecule has 104 valence electrons. The van der Waals surface area contributed by atoms with Gasteiger partial charge in [-0.25, -0.2) is 0 Å². The third-order valence-electron chi connectivity index (χ3n) is 3.73. The highest BCUT2D eigenvalue weighted by molar-refractivity contribution is 5.92. The number of carbonyl (C=O) groups excluding carboxylic acids is 2. The molecule has 4 heteroatoms. The molecule has 0 unspecified atom stereocenters. The summed E-state index contributed by atoms with van der Waals surface area (Å²) in [5.74, 6) is 0.0420. The van der Waals surface area contributed by atoms with Crippen LogP contribution in [0.2, 0.25) is 0 Å². The Balaban J connectivity index is 2.78. The molecule has 0 aromatic carbocycles. The fraction of sp³-hybridized carbons (Fsp3) is 0.857. The highest BCUT2D eigenvalue weighted by Gasteiger charge is 2.46. The van der Waals surface area contributed by atoms with Crippen LogP contribution in [0.1, 0.15) is 47.5 Å². The van der Waals surface area contributed by atoms with Crippen LogP contribution in [0.15, 0.2) is 0 Å². The fourth-order valence-electron chi connectivity index (χ4n) is 2.11. The summed E-state index contributed by atoms with van der Waals surface area (Å²) in [7, 11) is 0. The number of hydrogen-bond acceptors (Lipinski definition) is 3. The first-order chi connectivity index (χ1) is 8.27. The van der Waals surface area contributed by atoms with Gasteiger partial charge in [0.2, 0.25) is 5.91 Å². The molecule has 0 aromatic rings. The average molecular weight is 255 g/mol. The summed E-state index contributed by atoms with van der Waals surface area (Å²) in [5.41, 5.74) is -0.681. The van der Waals surface area contributed by atoms with Crippen molar-refractivity contribution in [2.75, 3.05) is 13.2 Å². The second-order valence-corrected chi connectivity index (χ2v) is 6.22. The molecule has 1 aliphatic heterocycles. The first-order valence-corrected chi connectivity index (χ1v) is 6.68. The molecule has 1 atom stereocenters. The minimum Gasteiger partial charge on any atom is -0.379 e. The standard InChI is InChI=1S/C14H25NO3/c1-6-10(16)11(13(3,4)5)15-12(17)14(7-2)8-18-9-14/h11H,6-9H2,1-5H3,(H,15,17)/t11-/m1/s1. The Hall–Kier alpha value is -0.900. The van der Waals surface area contributed by atoms with Crippen LogP contribution in [0.4, 0.5) is 0 Å². The van der Waals surface area contributed by atoms with E-state index in [4.69, 9.17) is 4.74 Å². The molecular formula is C14H25NO3. The van der Waals surface area contributed by atoms with E-state index in [1.807, 2.05) is 34.6 Å². The molecule has 1 N–H and O–H groups in total. The largest absolute Gasteiger partial charge is 0.379 e. The smallest absolute Gasteiger partial charge is 0.231 e. The topological polar surface area (TPSA) is 55.4 Å². The van der Waals surface area contributed by atoms with Crippen molar-refractivity contribution in [1.82, 2.24) is 5.32 Å². The van der Waals surface area contributed by atoms with Gasteiger partial charge in [-0.15, -0.1) is 0 Å². The van der Waals surface area contributed by atoms with Gasteiger partial charge in [-0.1, -0.05) is 34.6 Å². The van der Waals surface area contributed by atoms with Crippen LogP contribution in [0.25, 0.3) is 0 Å². The maximum absolute atomic E-state index is 12.3. The maximum Gasteiger partial charge on any atom is 0.231 e. The van der Waals surface area contributed by atoms with Crippen molar-refractivity contribution in [3.63, 3.8) is 0 Å². The van der Waals surface area contributed by atoms with Gasteiger partial charge in [-0.2, -0.15) is 0 Å². The Morgan fingerprint density at radius 3 is 2.11 bits per heavy atom. The molecular weight excluding hydrogens is 230 g/mol. The third kappa shape index (κ3) is 2.91. The molecule has 0 spiro atoms. The third-order valence-corrected chi connectivity index (χ3v) is 3.73. The Labute approximate surface area is 109 Å². The van der Waals surface area contributed by atoms with E-state index in [0.29, 0.717) is 19.6 Å². The van der Waals surface area contributed by atoms with Gasteiger partial charge in [0, 0.05) is 6.42 Å². The van der Waals surface area contributed by atoms with Crippen molar-refractivity contribution >= 4 is 11.7 Å². The van der Waals surface area contributed by atoms with E-state index in [1.165, 1.54) is 0 Å². The molecule has 1 saturated heterocycles. The fourth-order valence-corrected chi connectivity index (χ4v) is 2.11. The van der Waals surface area contributed by atoms with E-state index in [2.05, 4.69) is 5.32 Å². The minimum absolute atomic E-state index is 0.0435. The maximum atomic E-state index is 12.3. The highest BCUT2D eigenvalue weighted by atomic mass is 16.5. The van der Waals surface area contributed by atoms with Gasteiger partial charge in [0.1, 0.15) is 0 Å². The van der Waals surface area contributed by atoms with Gasteiger partial charge in [-0.05, 0) is 11.8 Å². The summed E-state index contributed by atoms with van der Waals surface area (Å²) < 4.78 is 5.16. The van der Waals surface area contributed by atoms with E-state index in [0.717, 1.165) is 6.42 Å². The summed E-state index contributed by atoms with van der Waals surface area (Å²) in [6.07, 6.45) is 1.19. The van der Waals surface area contributed by atoms with Crippen LogP contribution in [-0.4, -0.2) is 30.9 Å². The molecule has 0 bridgehead atoms. The molecule has 1 fully saturated rings. The first-order valence-electron chi connectivity index (χ1n) is 6.68. The number of nitrogens with one attached hydrogen (secondary N) is 1. The van der Waals surface area contributed by atoms with Crippen LogP contribution < -0.4 is 5.32 Å². The quantitative estimate of drug-likeness (QED) is 0.816. The SMILES string of the molecule is CCC(=O)[C@@H](NC(=O)C1(CC)COC1)C(C)(C)C. The molecule has 1 aliphatic rings. The van der Waals surface area contributed by atoms with Crippen molar-refractivity contribution in [3.8, 4) is 0 Å². The zero-order chi connectivity index (χ0) is 14.0. The second kappa shape index (κ2) is 5.39. The Morgan fingerprint density at radius 1 is 1.28 bits per heavy atom. The van der Waals surface area contributed by atoms with Crippen molar-refractivity contribution in [3.05, 3.63) is 0 Å². The second-order valence-electron chi connectivity index (χ2n) is 6.22. The number of carbonyl (C=O) groups is 2. The van der Waals surface area contributed by atoms with Crippen LogP contribution in [-0.2, 0) is 14.3 Å². The van der Waals surface area contributed by atoms with E-state index in [9.17, 15) is 9.59 Å². The summed E-state index contributed by atoms with van der Waals surface area (Å²) in [4.78, 5) is 24.3. The van der Waals surface area contributed by atoms with Crippen molar-refractivity contribution in [2.24, 2.45) is 10.8 Å². The highest BCUT2D eigenvalue weighted by Crippen LogP contribution is 2.32. The number of amides is 1. The zero-order valence-corrected chi connectivity index (χ0v) is 12.1. The number of rotatable bonds is 5. The number of Topliss-reactive ketones (excluding diaryl/α,β-unsaturated/α-hetero) is 1. The molecule has 4 nitrogen and oxygen atoms in total. The summed E-state index contributed by atoms with van der Waals surface area (Å²) >= 11 is 0. The van der Waals surface area contributed by atoms with E-state index in [1.54, 1.807) is 0 Å². The molecule has 0 aliphatic carbocycles. The lowest BCUT2D eigenvalue weighted by atomic mass is 9.79. The summed E-state index contributed by atoms with van der Waals surface area (Å²) in [5, 5.41) is 2.93. The van der Waals surface area contributed by atoms with Gasteiger partial charge in [0.25, 0.3) is 0 Å². The van der Waals surface area contributed by atoms with Crippen LogP contribution in [0.5, 0.6) is 0 Å². The number of hydrogen-bond donors (Lipinski definition) is 1. The Bertz CT molecular complexity index is 321. The van der Waals surface area contributed by atoms with Gasteiger partial charge in [0.15, 0.2) is 5.78 Å². The van der Waals surface area contributed by atoms with Crippen LogP contribution >= 0.6 is 0 Å². The molecule has 1 rings (SSSR count). The molecule has 0 aromatic heterocycles. The molecule has 1 amide bonds. The van der Waals surface area contributed by atoms with Crippen LogP contribution in [0, 0.1) is 10.8 Å². The lowest BCUT2D eigenvalue weighted by molar-refractivity contribution is -0.164. The van der Waals surface area contributed by atoms with E-state index >= 15 is 0 Å². The summed E-state index contributed by atoms with van der Waals surface area (Å²) in [6.45, 7) is 10.7. The minimum atomic E-state index is -0.419. The molecule has 0 radical (unpaired) electrons. The van der Waals surface area contributed by atoms with Crippen molar-refractivity contribution in [1.29, 1.82) is 0 Å². The number of ether oxygens (including phenoxy) is 1. The predicted octanol–water partition coefficient (Wildman–Crippen LogP) is 1.92. The van der Waals surface area contributed by atoms with Crippen molar-refractivity contribution < 1.29 is 14.3 Å². The summed E-state index contributed by atoms with van der Waals surface area (Å²) in [6, 6.07) is -0.418. The van der Waals surface area contributed by atoms with E-state index < -0.39 is 11.5 Å². The van der Waals surface area contributed by atoms with Gasteiger partial charge < -0.3 is 10.1 Å². The predicted molar refractivity (Wildman–Crippen MR) is 70.2 cm³/mol. The Kier molecular flexibility index (Phi) is 4.54. The molecule has 18 heavy (non-hydrogen) atoms. The first kappa shape index (κ1) is 15.2. The average Bonchev–Trinajstić information content (AvgIpc) is 2.22. The molecule has 1 heterocycles. The van der Waals surface area contributed by atoms with E-state index in [-0.39, 0.29) is 17.1 Å². The van der Waals surface area contributed by atoms with Gasteiger partial charge in [0.05, 0.1) is 24.7 Å². The van der Waals surface area contributed by atoms with Crippen LogP contribution in [0.3, 0.4) is 0 Å². The normalized spacial score (nSPS) is 19.8. The zero-order valence-electron chi connectivity index (χ0n) is 12.1. The Morgan fingerprint density at radius 2 is 1.83 bits per heavy atom. The number of ketones is 1. The lowest BCUT2D eigenvalue weighted by Gasteiger charge is -2.41. The van der Waals surface area contributed by atoms with Crippen molar-refractivity contribution in [2.45, 2.75) is 53.5 Å². The van der Waals surface area contributed by atoms with Gasteiger partial charge >= 0.3 is 0 Å². The monoisotopic (exact) mass is 255 g/mol.